The fourth-order valence-electron chi connectivity index (χ4n) is 3.63. The molecule has 172 valence electrons. The Hall–Kier alpha value is -3.72. The number of ether oxygens (including phenoxy) is 2. The van der Waals surface area contributed by atoms with Crippen LogP contribution in [0.3, 0.4) is 0 Å². The molecule has 0 aliphatic rings. The maximum Gasteiger partial charge on any atom is 0.332 e. The second-order valence-corrected chi connectivity index (χ2v) is 7.52. The second-order valence-electron chi connectivity index (χ2n) is 7.52. The fourth-order valence-corrected chi connectivity index (χ4v) is 3.63. The van der Waals surface area contributed by atoms with Gasteiger partial charge in [-0.25, -0.2) is 9.18 Å². The van der Waals surface area contributed by atoms with Gasteiger partial charge in [0.25, 0.3) is 5.56 Å². The molecule has 0 N–H and O–H groups in total. The number of fused-ring (bicyclic) bond motifs is 1. The number of imidazole rings is 1. The van der Waals surface area contributed by atoms with E-state index in [2.05, 4.69) is 4.98 Å². The Balaban J connectivity index is 1.88. The summed E-state index contributed by atoms with van der Waals surface area (Å²) in [6, 6.07) is 15.4. The average molecular weight is 452 g/mol. The van der Waals surface area contributed by atoms with Crippen molar-refractivity contribution in [2.75, 3.05) is 13.2 Å². The van der Waals surface area contributed by atoms with E-state index in [-0.39, 0.29) is 36.0 Å². The number of benzene rings is 2. The summed E-state index contributed by atoms with van der Waals surface area (Å²) < 4.78 is 29.5. The highest BCUT2D eigenvalue weighted by atomic mass is 19.1. The van der Waals surface area contributed by atoms with Gasteiger partial charge in [0.1, 0.15) is 0 Å². The molecule has 4 rings (SSSR count). The highest BCUT2D eigenvalue weighted by Crippen LogP contribution is 2.27. The summed E-state index contributed by atoms with van der Waals surface area (Å²) in [5.41, 5.74) is 0.325. The van der Waals surface area contributed by atoms with E-state index in [1.807, 2.05) is 37.3 Å². The number of rotatable bonds is 9. The number of para-hydroxylation sites is 1. The zero-order valence-corrected chi connectivity index (χ0v) is 18.5. The number of hydrogen-bond donors (Lipinski definition) is 0. The Morgan fingerprint density at radius 1 is 1.00 bits per heavy atom. The molecule has 0 saturated heterocycles. The van der Waals surface area contributed by atoms with E-state index < -0.39 is 17.1 Å². The highest BCUT2D eigenvalue weighted by Gasteiger charge is 2.22. The van der Waals surface area contributed by atoms with Crippen molar-refractivity contribution in [3.05, 3.63) is 86.8 Å². The van der Waals surface area contributed by atoms with Crippen LogP contribution in [0, 0.1) is 5.82 Å². The Kier molecular flexibility index (Phi) is 6.69. The van der Waals surface area contributed by atoms with Crippen LogP contribution < -0.4 is 16.0 Å². The number of hydrogen-bond acceptors (Lipinski definition) is 5. The fraction of sp³-hybridized carbons (Fsp3) is 0.292. The molecule has 2 aromatic heterocycles. The molecule has 0 bridgehead atoms. The van der Waals surface area contributed by atoms with E-state index in [9.17, 15) is 14.0 Å². The van der Waals surface area contributed by atoms with Crippen molar-refractivity contribution in [2.45, 2.75) is 26.4 Å². The van der Waals surface area contributed by atoms with Crippen LogP contribution in [0.25, 0.3) is 11.2 Å². The summed E-state index contributed by atoms with van der Waals surface area (Å²) in [6.45, 7) is 3.35. The zero-order valence-electron chi connectivity index (χ0n) is 18.5. The van der Waals surface area contributed by atoms with Crippen molar-refractivity contribution in [2.24, 2.45) is 7.05 Å². The molecule has 0 saturated carbocycles. The Morgan fingerprint density at radius 2 is 1.73 bits per heavy atom. The van der Waals surface area contributed by atoms with E-state index in [4.69, 9.17) is 9.47 Å². The molecular formula is C24H25FN4O4. The van der Waals surface area contributed by atoms with Crippen LogP contribution in [-0.4, -0.2) is 31.9 Å². The first-order valence-corrected chi connectivity index (χ1v) is 10.8. The lowest BCUT2D eigenvalue weighted by molar-refractivity contribution is 0.141. The largest absolute Gasteiger partial charge is 0.422 e. The molecule has 0 amide bonds. The lowest BCUT2D eigenvalue weighted by atomic mass is 10.2. The Morgan fingerprint density at radius 3 is 2.45 bits per heavy atom. The van der Waals surface area contributed by atoms with Gasteiger partial charge in [-0.1, -0.05) is 42.5 Å². The molecule has 2 aromatic carbocycles. The molecule has 2 heterocycles. The van der Waals surface area contributed by atoms with Crippen molar-refractivity contribution in [1.82, 2.24) is 18.7 Å². The van der Waals surface area contributed by atoms with Gasteiger partial charge in [-0.3, -0.25) is 18.5 Å². The van der Waals surface area contributed by atoms with Gasteiger partial charge >= 0.3 is 11.7 Å². The average Bonchev–Trinajstić information content (AvgIpc) is 3.17. The van der Waals surface area contributed by atoms with E-state index in [0.717, 1.165) is 5.56 Å². The molecular weight excluding hydrogens is 427 g/mol. The Bertz CT molecular complexity index is 1380. The first kappa shape index (κ1) is 22.5. The van der Waals surface area contributed by atoms with Crippen molar-refractivity contribution in [3.63, 3.8) is 0 Å². The maximum absolute atomic E-state index is 14.3. The van der Waals surface area contributed by atoms with Gasteiger partial charge in [0, 0.05) is 26.8 Å². The van der Waals surface area contributed by atoms with Gasteiger partial charge in [-0.2, -0.15) is 4.98 Å². The van der Waals surface area contributed by atoms with Crippen molar-refractivity contribution in [3.8, 4) is 11.8 Å². The number of aryl methyl sites for hydroxylation is 1. The summed E-state index contributed by atoms with van der Waals surface area (Å²) in [6.07, 6.45) is 0.514. The predicted molar refractivity (Wildman–Crippen MR) is 122 cm³/mol. The summed E-state index contributed by atoms with van der Waals surface area (Å²) in [7, 11) is 1.55. The van der Waals surface area contributed by atoms with Crippen molar-refractivity contribution >= 4 is 11.2 Å². The van der Waals surface area contributed by atoms with Crippen molar-refractivity contribution in [1.29, 1.82) is 0 Å². The van der Waals surface area contributed by atoms with Crippen molar-refractivity contribution < 1.29 is 13.9 Å². The van der Waals surface area contributed by atoms with Crippen LogP contribution in [0.5, 0.6) is 11.8 Å². The lowest BCUT2D eigenvalue weighted by Gasteiger charge is -2.11. The Labute approximate surface area is 189 Å². The number of aromatic nitrogens is 4. The highest BCUT2D eigenvalue weighted by molar-refractivity contribution is 5.72. The van der Waals surface area contributed by atoms with Gasteiger partial charge in [0.05, 0.1) is 6.54 Å². The first-order chi connectivity index (χ1) is 16.0. The van der Waals surface area contributed by atoms with Gasteiger partial charge in [0.15, 0.2) is 22.7 Å². The summed E-state index contributed by atoms with van der Waals surface area (Å²) >= 11 is 0. The van der Waals surface area contributed by atoms with Crippen LogP contribution in [0.15, 0.2) is 64.2 Å². The molecule has 0 fully saturated rings. The zero-order chi connectivity index (χ0) is 23.4. The number of halogens is 1. The predicted octanol–water partition coefficient (Wildman–Crippen LogP) is 3.30. The molecule has 9 heteroatoms. The normalized spacial score (nSPS) is 11.2. The van der Waals surface area contributed by atoms with Crippen LogP contribution in [0.4, 0.5) is 4.39 Å². The summed E-state index contributed by atoms with van der Waals surface area (Å²) in [5, 5.41) is 0. The lowest BCUT2D eigenvalue weighted by Crippen LogP contribution is -2.40. The standard InChI is InChI=1S/C24H25FN4O4/c1-3-32-15-9-14-28-22(30)20-21(27(2)24(28)31)26-23(33-19-13-8-7-12-18(19)25)29(20)16-17-10-5-4-6-11-17/h4-8,10-13H,3,9,14-16H2,1-2H3. The third kappa shape index (κ3) is 4.58. The SMILES string of the molecule is CCOCCCn1c(=O)c2c(nc(Oc3ccccc3F)n2Cc2ccccc2)n(C)c1=O. The summed E-state index contributed by atoms with van der Waals surface area (Å²) in [5.74, 6) is -0.581. The minimum atomic E-state index is -0.557. The minimum absolute atomic E-state index is 0.0239. The molecule has 8 nitrogen and oxygen atoms in total. The van der Waals surface area contributed by atoms with Gasteiger partial charge < -0.3 is 9.47 Å². The quantitative estimate of drug-likeness (QED) is 0.364. The maximum atomic E-state index is 14.3. The molecule has 0 spiro atoms. The third-order valence-corrected chi connectivity index (χ3v) is 5.29. The van der Waals surface area contributed by atoms with E-state index in [1.54, 1.807) is 23.7 Å². The molecule has 33 heavy (non-hydrogen) atoms. The smallest absolute Gasteiger partial charge is 0.332 e. The van der Waals surface area contributed by atoms with E-state index in [0.29, 0.717) is 19.6 Å². The van der Waals surface area contributed by atoms with Crippen LogP contribution in [0.1, 0.15) is 18.9 Å². The number of nitrogens with zero attached hydrogens (tertiary/aromatic N) is 4. The molecule has 0 radical (unpaired) electrons. The monoisotopic (exact) mass is 452 g/mol. The molecule has 0 aliphatic carbocycles. The van der Waals surface area contributed by atoms with Crippen LogP contribution in [-0.2, 0) is 24.9 Å². The van der Waals surface area contributed by atoms with Crippen LogP contribution >= 0.6 is 0 Å². The molecule has 0 aliphatic heterocycles. The first-order valence-electron chi connectivity index (χ1n) is 10.8. The topological polar surface area (TPSA) is 80.3 Å². The third-order valence-electron chi connectivity index (χ3n) is 5.29. The van der Waals surface area contributed by atoms with Gasteiger partial charge in [-0.05, 0) is 31.0 Å². The summed E-state index contributed by atoms with van der Waals surface area (Å²) in [4.78, 5) is 30.7. The van der Waals surface area contributed by atoms with E-state index in [1.165, 1.54) is 21.3 Å². The van der Waals surface area contributed by atoms with Gasteiger partial charge in [-0.15, -0.1) is 0 Å². The van der Waals surface area contributed by atoms with Gasteiger partial charge in [0.2, 0.25) is 0 Å². The molecule has 0 atom stereocenters. The molecule has 0 unspecified atom stereocenters. The minimum Gasteiger partial charge on any atom is -0.422 e. The molecule has 4 aromatic rings. The second kappa shape index (κ2) is 9.83. The van der Waals surface area contributed by atoms with Crippen LogP contribution in [0.2, 0.25) is 0 Å². The van der Waals surface area contributed by atoms with E-state index >= 15 is 0 Å².